The van der Waals surface area contributed by atoms with E-state index in [-0.39, 0.29) is 0 Å². The quantitative estimate of drug-likeness (QED) is 0.692. The first-order chi connectivity index (χ1) is 6.22. The molecule has 2 N–H and O–H groups in total. The zero-order valence-electron chi connectivity index (χ0n) is 7.37. The van der Waals surface area contributed by atoms with Gasteiger partial charge < -0.3 is 5.73 Å². The van der Waals surface area contributed by atoms with E-state index in [4.69, 9.17) is 5.73 Å². The fourth-order valence-corrected chi connectivity index (χ4v) is 2.82. The van der Waals surface area contributed by atoms with E-state index in [0.717, 1.165) is 16.3 Å². The standard InChI is InChI=1S/C10H11NS2/c1-2-6-3-4-8(12)7-5-9(11)13-10(6)7/h3-5,12H,2,11H2,1H3. The van der Waals surface area contributed by atoms with Gasteiger partial charge in [0.25, 0.3) is 0 Å². The molecule has 0 unspecified atom stereocenters. The van der Waals surface area contributed by atoms with Gasteiger partial charge in [-0.15, -0.1) is 24.0 Å². The molecule has 0 aliphatic heterocycles. The van der Waals surface area contributed by atoms with Crippen LogP contribution < -0.4 is 5.73 Å². The number of rotatable bonds is 1. The summed E-state index contributed by atoms with van der Waals surface area (Å²) in [6, 6.07) is 6.17. The first-order valence-corrected chi connectivity index (χ1v) is 5.48. The highest BCUT2D eigenvalue weighted by atomic mass is 32.1. The van der Waals surface area contributed by atoms with E-state index < -0.39 is 0 Å². The van der Waals surface area contributed by atoms with Crippen LogP contribution in [0.3, 0.4) is 0 Å². The number of nitrogen functional groups attached to an aromatic ring is 1. The Labute approximate surface area is 87.0 Å². The average Bonchev–Trinajstić information content (AvgIpc) is 2.48. The lowest BCUT2D eigenvalue weighted by molar-refractivity contribution is 1.16. The predicted molar refractivity (Wildman–Crippen MR) is 62.9 cm³/mol. The molecule has 0 atom stereocenters. The number of fused-ring (bicyclic) bond motifs is 1. The molecule has 0 bridgehead atoms. The fraction of sp³-hybridized carbons (Fsp3) is 0.200. The molecule has 0 aliphatic carbocycles. The Kier molecular flexibility index (Phi) is 2.22. The maximum Gasteiger partial charge on any atom is 0.0869 e. The van der Waals surface area contributed by atoms with Gasteiger partial charge in [-0.2, -0.15) is 0 Å². The number of benzene rings is 1. The molecule has 0 fully saturated rings. The van der Waals surface area contributed by atoms with Crippen molar-refractivity contribution in [2.24, 2.45) is 0 Å². The van der Waals surface area contributed by atoms with Crippen molar-refractivity contribution in [3.05, 3.63) is 23.8 Å². The second-order valence-electron chi connectivity index (χ2n) is 2.99. The van der Waals surface area contributed by atoms with Crippen molar-refractivity contribution in [2.45, 2.75) is 18.2 Å². The molecule has 0 saturated carbocycles. The van der Waals surface area contributed by atoms with Gasteiger partial charge in [-0.3, -0.25) is 0 Å². The van der Waals surface area contributed by atoms with Crippen molar-refractivity contribution in [1.82, 2.24) is 0 Å². The Hall–Kier alpha value is -0.670. The van der Waals surface area contributed by atoms with Gasteiger partial charge in [0.15, 0.2) is 0 Å². The van der Waals surface area contributed by atoms with E-state index in [1.807, 2.05) is 12.1 Å². The van der Waals surface area contributed by atoms with Gasteiger partial charge in [-0.05, 0) is 24.1 Å². The van der Waals surface area contributed by atoms with Gasteiger partial charge in [-0.1, -0.05) is 13.0 Å². The lowest BCUT2D eigenvalue weighted by Crippen LogP contribution is -1.79. The van der Waals surface area contributed by atoms with Gasteiger partial charge in [0.05, 0.1) is 5.00 Å². The molecular weight excluding hydrogens is 198 g/mol. The number of thiol groups is 1. The highest BCUT2D eigenvalue weighted by Gasteiger charge is 2.05. The van der Waals surface area contributed by atoms with Crippen LogP contribution in [0.25, 0.3) is 10.1 Å². The van der Waals surface area contributed by atoms with Crippen molar-refractivity contribution in [2.75, 3.05) is 5.73 Å². The first-order valence-electron chi connectivity index (χ1n) is 4.22. The van der Waals surface area contributed by atoms with Crippen LogP contribution in [0.1, 0.15) is 12.5 Å². The molecule has 0 aliphatic rings. The van der Waals surface area contributed by atoms with E-state index in [9.17, 15) is 0 Å². The fourth-order valence-electron chi connectivity index (χ4n) is 1.46. The van der Waals surface area contributed by atoms with Crippen LogP contribution in [0.5, 0.6) is 0 Å². The molecule has 0 saturated heterocycles. The molecule has 3 heteroatoms. The van der Waals surface area contributed by atoms with Crippen LogP contribution in [0.15, 0.2) is 23.1 Å². The second kappa shape index (κ2) is 3.24. The van der Waals surface area contributed by atoms with Crippen LogP contribution in [-0.2, 0) is 6.42 Å². The number of thiophene rings is 1. The largest absolute Gasteiger partial charge is 0.391 e. The number of hydrogen-bond acceptors (Lipinski definition) is 3. The molecular formula is C10H11NS2. The van der Waals surface area contributed by atoms with Crippen molar-refractivity contribution in [3.8, 4) is 0 Å². The molecule has 2 rings (SSSR count). The molecule has 1 nitrogen and oxygen atoms in total. The first kappa shape index (κ1) is 8.91. The zero-order valence-corrected chi connectivity index (χ0v) is 9.08. The van der Waals surface area contributed by atoms with E-state index in [1.54, 1.807) is 11.3 Å². The summed E-state index contributed by atoms with van der Waals surface area (Å²) >= 11 is 6.05. The summed E-state index contributed by atoms with van der Waals surface area (Å²) in [6.07, 6.45) is 1.05. The smallest absolute Gasteiger partial charge is 0.0869 e. The minimum Gasteiger partial charge on any atom is -0.391 e. The second-order valence-corrected chi connectivity index (χ2v) is 4.55. The number of nitrogens with two attached hydrogens (primary N) is 1. The summed E-state index contributed by atoms with van der Waals surface area (Å²) in [5.41, 5.74) is 7.12. The molecule has 0 amide bonds. The molecule has 68 valence electrons. The third-order valence-corrected chi connectivity index (χ3v) is 3.57. The molecule has 1 aromatic carbocycles. The minimum absolute atomic E-state index is 0.867. The van der Waals surface area contributed by atoms with E-state index >= 15 is 0 Å². The summed E-state index contributed by atoms with van der Waals surface area (Å²) in [5, 5.41) is 2.05. The van der Waals surface area contributed by atoms with Crippen LogP contribution in [-0.4, -0.2) is 0 Å². The number of anilines is 1. The van der Waals surface area contributed by atoms with Crippen LogP contribution in [0.4, 0.5) is 5.00 Å². The topological polar surface area (TPSA) is 26.0 Å². The van der Waals surface area contributed by atoms with Crippen molar-refractivity contribution in [3.63, 3.8) is 0 Å². The normalized spacial score (nSPS) is 10.9. The van der Waals surface area contributed by atoms with Gasteiger partial charge in [0, 0.05) is 15.0 Å². The zero-order chi connectivity index (χ0) is 9.42. The minimum atomic E-state index is 0.867. The van der Waals surface area contributed by atoms with Crippen LogP contribution in [0, 0.1) is 0 Å². The highest BCUT2D eigenvalue weighted by molar-refractivity contribution is 7.80. The monoisotopic (exact) mass is 209 g/mol. The van der Waals surface area contributed by atoms with E-state index in [0.29, 0.717) is 0 Å². The average molecular weight is 209 g/mol. The molecule has 13 heavy (non-hydrogen) atoms. The molecule has 0 radical (unpaired) electrons. The summed E-state index contributed by atoms with van der Waals surface area (Å²) in [6.45, 7) is 2.16. The van der Waals surface area contributed by atoms with Gasteiger partial charge in [0.1, 0.15) is 0 Å². The van der Waals surface area contributed by atoms with Crippen LogP contribution in [0.2, 0.25) is 0 Å². The van der Waals surface area contributed by atoms with Gasteiger partial charge >= 0.3 is 0 Å². The molecule has 1 heterocycles. The highest BCUT2D eigenvalue weighted by Crippen LogP contribution is 2.34. The third kappa shape index (κ3) is 1.42. The number of hydrogen-bond donors (Lipinski definition) is 2. The molecule has 2 aromatic rings. The Balaban J connectivity index is 2.83. The molecule has 0 spiro atoms. The van der Waals surface area contributed by atoms with Crippen molar-refractivity contribution in [1.29, 1.82) is 0 Å². The Morgan fingerprint density at radius 3 is 2.92 bits per heavy atom. The Morgan fingerprint density at radius 1 is 1.46 bits per heavy atom. The summed E-state index contributed by atoms with van der Waals surface area (Å²) in [7, 11) is 0. The summed E-state index contributed by atoms with van der Waals surface area (Å²) in [5.74, 6) is 0. The summed E-state index contributed by atoms with van der Waals surface area (Å²) < 4.78 is 1.28. The van der Waals surface area contributed by atoms with E-state index in [1.165, 1.54) is 15.6 Å². The van der Waals surface area contributed by atoms with Crippen molar-refractivity contribution >= 4 is 39.1 Å². The lowest BCUT2D eigenvalue weighted by atomic mass is 10.1. The summed E-state index contributed by atoms with van der Waals surface area (Å²) in [4.78, 5) is 1.01. The van der Waals surface area contributed by atoms with Crippen molar-refractivity contribution < 1.29 is 0 Å². The van der Waals surface area contributed by atoms with E-state index in [2.05, 4.69) is 25.6 Å². The van der Waals surface area contributed by atoms with Gasteiger partial charge in [0.2, 0.25) is 0 Å². The maximum absolute atomic E-state index is 5.77. The molecule has 1 aromatic heterocycles. The van der Waals surface area contributed by atoms with Gasteiger partial charge in [-0.25, -0.2) is 0 Å². The lowest BCUT2D eigenvalue weighted by Gasteiger charge is -2.00. The Bertz CT molecular complexity index is 445. The SMILES string of the molecule is CCc1ccc(S)c2cc(N)sc12. The third-order valence-electron chi connectivity index (χ3n) is 2.14. The van der Waals surface area contributed by atoms with Crippen LogP contribution >= 0.6 is 24.0 Å². The Morgan fingerprint density at radius 2 is 2.23 bits per heavy atom. The maximum atomic E-state index is 5.77. The predicted octanol–water partition coefficient (Wildman–Crippen LogP) is 3.33. The number of aryl methyl sites for hydroxylation is 1.